The molecule has 1 heterocycles. The molecule has 3 rings (SSSR count). The fraction of sp³-hybridized carbons (Fsp3) is 0.304. The minimum atomic E-state index is -0.406. The van der Waals surface area contributed by atoms with Gasteiger partial charge in [0.15, 0.2) is 5.96 Å². The van der Waals surface area contributed by atoms with E-state index in [4.69, 9.17) is 0 Å². The highest BCUT2D eigenvalue weighted by atomic mass is 127. The van der Waals surface area contributed by atoms with Gasteiger partial charge >= 0.3 is 0 Å². The van der Waals surface area contributed by atoms with Crippen molar-refractivity contribution < 1.29 is 9.50 Å². The second kappa shape index (κ2) is 11.8. The van der Waals surface area contributed by atoms with Crippen LogP contribution < -0.4 is 10.6 Å². The van der Waals surface area contributed by atoms with Gasteiger partial charge in [0, 0.05) is 24.3 Å². The number of aryl methyl sites for hydroxylation is 2. The maximum Gasteiger partial charge on any atom is 0.191 e. The third kappa shape index (κ3) is 6.51. The molecule has 0 atom stereocenters. The van der Waals surface area contributed by atoms with Gasteiger partial charge in [0.2, 0.25) is 0 Å². The molecule has 0 amide bonds. The molecule has 166 valence electrons. The molecule has 0 fully saturated rings. The highest BCUT2D eigenvalue weighted by Gasteiger charge is 2.09. The lowest BCUT2D eigenvalue weighted by Gasteiger charge is -2.15. The summed E-state index contributed by atoms with van der Waals surface area (Å²) < 4.78 is 15.5. The van der Waals surface area contributed by atoms with Crippen molar-refractivity contribution in [1.29, 1.82) is 0 Å². The standard InChI is InChI=1S/C23H28FN5O.HI/c1-4-25-23(26-13-18-9-10-21(24)20(12-18)15-30)27-14-19-7-5-6-8-22(19)29-17(3)11-16(2)28-29;/h5-12,30H,4,13-15H2,1-3H3,(H2,25,26,27);1H. The summed E-state index contributed by atoms with van der Waals surface area (Å²) in [6.07, 6.45) is 0. The number of rotatable bonds is 7. The molecule has 0 radical (unpaired) electrons. The fourth-order valence-electron chi connectivity index (χ4n) is 3.28. The van der Waals surface area contributed by atoms with Gasteiger partial charge in [0.25, 0.3) is 0 Å². The largest absolute Gasteiger partial charge is 0.392 e. The first kappa shape index (κ1) is 24.8. The smallest absolute Gasteiger partial charge is 0.191 e. The van der Waals surface area contributed by atoms with E-state index in [1.54, 1.807) is 12.1 Å². The number of nitrogens with one attached hydrogen (secondary N) is 2. The number of aliphatic hydroxyl groups excluding tert-OH is 1. The van der Waals surface area contributed by atoms with E-state index in [9.17, 15) is 9.50 Å². The first-order valence-electron chi connectivity index (χ1n) is 10.0. The second-order valence-corrected chi connectivity index (χ2v) is 7.10. The molecule has 0 bridgehead atoms. The van der Waals surface area contributed by atoms with Crippen molar-refractivity contribution in [2.24, 2.45) is 4.99 Å². The van der Waals surface area contributed by atoms with Gasteiger partial charge in [-0.3, -0.25) is 0 Å². The first-order chi connectivity index (χ1) is 14.5. The van der Waals surface area contributed by atoms with Gasteiger partial charge in [-0.05, 0) is 56.2 Å². The van der Waals surface area contributed by atoms with Crippen LogP contribution in [-0.4, -0.2) is 27.4 Å². The lowest BCUT2D eigenvalue weighted by molar-refractivity contribution is 0.275. The third-order valence-corrected chi connectivity index (χ3v) is 4.72. The number of hydrogen-bond acceptors (Lipinski definition) is 3. The summed E-state index contributed by atoms with van der Waals surface area (Å²) in [6.45, 7) is 7.37. The summed E-state index contributed by atoms with van der Waals surface area (Å²) in [5.74, 6) is 0.256. The van der Waals surface area contributed by atoms with Crippen LogP contribution in [0, 0.1) is 19.7 Å². The van der Waals surface area contributed by atoms with Crippen molar-refractivity contribution in [2.45, 2.75) is 40.5 Å². The van der Waals surface area contributed by atoms with Crippen LogP contribution in [0.5, 0.6) is 0 Å². The van der Waals surface area contributed by atoms with Crippen LogP contribution in [0.2, 0.25) is 0 Å². The van der Waals surface area contributed by atoms with Crippen LogP contribution in [0.1, 0.15) is 35.0 Å². The molecule has 0 saturated heterocycles. The molecule has 0 aliphatic rings. The van der Waals surface area contributed by atoms with Gasteiger partial charge in [0.05, 0.1) is 24.5 Å². The Balaban J connectivity index is 0.00000341. The van der Waals surface area contributed by atoms with Crippen LogP contribution in [-0.2, 0) is 19.7 Å². The molecule has 0 saturated carbocycles. The van der Waals surface area contributed by atoms with Crippen LogP contribution in [0.3, 0.4) is 0 Å². The number of aliphatic hydroxyl groups is 1. The van der Waals surface area contributed by atoms with Crippen LogP contribution in [0.4, 0.5) is 4.39 Å². The lowest BCUT2D eigenvalue weighted by atomic mass is 10.1. The average Bonchev–Trinajstić information content (AvgIpc) is 3.09. The summed E-state index contributed by atoms with van der Waals surface area (Å²) in [5.41, 5.74) is 5.29. The lowest BCUT2D eigenvalue weighted by Crippen LogP contribution is -2.37. The maximum atomic E-state index is 13.6. The highest BCUT2D eigenvalue weighted by Crippen LogP contribution is 2.17. The van der Waals surface area contributed by atoms with E-state index in [1.165, 1.54) is 6.07 Å². The molecular formula is C23H29FIN5O. The van der Waals surface area contributed by atoms with Crippen LogP contribution >= 0.6 is 24.0 Å². The summed E-state index contributed by atoms with van der Waals surface area (Å²) >= 11 is 0. The Morgan fingerprint density at radius 1 is 1.10 bits per heavy atom. The van der Waals surface area contributed by atoms with Gasteiger partial charge in [-0.2, -0.15) is 5.10 Å². The fourth-order valence-corrected chi connectivity index (χ4v) is 3.28. The van der Waals surface area contributed by atoms with Crippen molar-refractivity contribution in [3.8, 4) is 5.69 Å². The Bertz CT molecular complexity index is 1030. The maximum absolute atomic E-state index is 13.6. The zero-order valence-corrected chi connectivity index (χ0v) is 20.4. The molecule has 2 aromatic carbocycles. The summed E-state index contributed by atoms with van der Waals surface area (Å²) in [7, 11) is 0. The summed E-state index contributed by atoms with van der Waals surface area (Å²) in [4.78, 5) is 4.60. The van der Waals surface area contributed by atoms with Gasteiger partial charge in [-0.15, -0.1) is 24.0 Å². The van der Waals surface area contributed by atoms with Crippen molar-refractivity contribution in [2.75, 3.05) is 6.54 Å². The van der Waals surface area contributed by atoms with Crippen LogP contribution in [0.15, 0.2) is 53.5 Å². The normalized spacial score (nSPS) is 11.2. The van der Waals surface area contributed by atoms with Gasteiger partial charge in [-0.25, -0.2) is 14.1 Å². The topological polar surface area (TPSA) is 74.5 Å². The molecule has 0 spiro atoms. The van der Waals surface area contributed by atoms with E-state index in [2.05, 4.69) is 38.9 Å². The van der Waals surface area contributed by atoms with Crippen molar-refractivity contribution >= 4 is 29.9 Å². The molecule has 0 aliphatic heterocycles. The SMILES string of the molecule is CCNC(=NCc1ccc(F)c(CO)c1)NCc1ccccc1-n1nc(C)cc1C.I. The number of hydrogen-bond donors (Lipinski definition) is 3. The van der Waals surface area contributed by atoms with Crippen molar-refractivity contribution in [3.63, 3.8) is 0 Å². The number of nitrogens with zero attached hydrogens (tertiary/aromatic N) is 3. The number of halogens is 2. The predicted molar refractivity (Wildman–Crippen MR) is 132 cm³/mol. The Hall–Kier alpha value is -2.46. The van der Waals surface area contributed by atoms with E-state index in [1.807, 2.05) is 37.6 Å². The average molecular weight is 537 g/mol. The predicted octanol–water partition coefficient (Wildman–Crippen LogP) is 3.99. The number of aromatic nitrogens is 2. The molecule has 0 aliphatic carbocycles. The Labute approximate surface area is 199 Å². The zero-order valence-electron chi connectivity index (χ0n) is 18.0. The third-order valence-electron chi connectivity index (χ3n) is 4.72. The number of aliphatic imine (C=N–C) groups is 1. The molecule has 3 N–H and O–H groups in total. The van der Waals surface area contributed by atoms with E-state index in [-0.39, 0.29) is 36.1 Å². The molecule has 0 unspecified atom stereocenters. The number of benzene rings is 2. The monoisotopic (exact) mass is 537 g/mol. The minimum absolute atomic E-state index is 0. The van der Waals surface area contributed by atoms with E-state index >= 15 is 0 Å². The Kier molecular flexibility index (Phi) is 9.44. The second-order valence-electron chi connectivity index (χ2n) is 7.10. The van der Waals surface area contributed by atoms with Crippen molar-refractivity contribution in [1.82, 2.24) is 20.4 Å². The molecular weight excluding hydrogens is 508 g/mol. The van der Waals surface area contributed by atoms with E-state index in [0.717, 1.165) is 34.7 Å². The van der Waals surface area contributed by atoms with E-state index in [0.29, 0.717) is 19.0 Å². The zero-order chi connectivity index (χ0) is 21.5. The van der Waals surface area contributed by atoms with Crippen LogP contribution in [0.25, 0.3) is 5.69 Å². The van der Waals surface area contributed by atoms with E-state index < -0.39 is 5.82 Å². The molecule has 8 heteroatoms. The molecule has 6 nitrogen and oxygen atoms in total. The first-order valence-corrected chi connectivity index (χ1v) is 10.0. The van der Waals surface area contributed by atoms with Gasteiger partial charge < -0.3 is 15.7 Å². The Morgan fingerprint density at radius 3 is 2.55 bits per heavy atom. The molecule has 31 heavy (non-hydrogen) atoms. The summed E-state index contributed by atoms with van der Waals surface area (Å²) in [5, 5.41) is 20.4. The molecule has 3 aromatic rings. The summed E-state index contributed by atoms with van der Waals surface area (Å²) in [6, 6.07) is 14.9. The molecule has 1 aromatic heterocycles. The minimum Gasteiger partial charge on any atom is -0.392 e. The number of guanidine groups is 1. The highest BCUT2D eigenvalue weighted by molar-refractivity contribution is 14.0. The Morgan fingerprint density at radius 2 is 1.87 bits per heavy atom. The van der Waals surface area contributed by atoms with Crippen molar-refractivity contribution in [3.05, 3.63) is 82.4 Å². The number of para-hydroxylation sites is 1. The quantitative estimate of drug-likeness (QED) is 0.242. The van der Waals surface area contributed by atoms with Gasteiger partial charge in [-0.1, -0.05) is 24.3 Å². The van der Waals surface area contributed by atoms with Gasteiger partial charge in [0.1, 0.15) is 5.82 Å².